The van der Waals surface area contributed by atoms with E-state index in [-0.39, 0.29) is 6.10 Å². The van der Waals surface area contributed by atoms with Crippen LogP contribution in [-0.2, 0) is 16.0 Å². The SMILES string of the molecule is COCCNCc1ncc(C(C)OC)o1. The molecule has 5 heteroatoms. The Morgan fingerprint density at radius 1 is 1.53 bits per heavy atom. The zero-order valence-corrected chi connectivity index (χ0v) is 9.45. The van der Waals surface area contributed by atoms with Crippen molar-refractivity contribution in [1.29, 1.82) is 0 Å². The zero-order valence-electron chi connectivity index (χ0n) is 9.45. The average molecular weight is 214 g/mol. The van der Waals surface area contributed by atoms with Crippen LogP contribution in [0.25, 0.3) is 0 Å². The van der Waals surface area contributed by atoms with Crippen molar-refractivity contribution in [3.05, 3.63) is 17.8 Å². The fraction of sp³-hybridized carbons (Fsp3) is 0.700. The molecule has 1 heterocycles. The number of hydrogen-bond donors (Lipinski definition) is 1. The van der Waals surface area contributed by atoms with Crippen molar-refractivity contribution >= 4 is 0 Å². The predicted molar refractivity (Wildman–Crippen MR) is 55.5 cm³/mol. The summed E-state index contributed by atoms with van der Waals surface area (Å²) in [5.41, 5.74) is 0. The van der Waals surface area contributed by atoms with Gasteiger partial charge in [-0.05, 0) is 6.92 Å². The Labute approximate surface area is 89.8 Å². The Morgan fingerprint density at radius 2 is 2.33 bits per heavy atom. The van der Waals surface area contributed by atoms with Crippen molar-refractivity contribution in [3.63, 3.8) is 0 Å². The number of nitrogens with zero attached hydrogens (tertiary/aromatic N) is 1. The van der Waals surface area contributed by atoms with Crippen molar-refractivity contribution in [2.75, 3.05) is 27.4 Å². The molecule has 0 aromatic carbocycles. The molecule has 15 heavy (non-hydrogen) atoms. The van der Waals surface area contributed by atoms with Crippen LogP contribution in [0.4, 0.5) is 0 Å². The number of methoxy groups -OCH3 is 2. The predicted octanol–water partition coefficient (Wildman–Crippen LogP) is 1.12. The maximum Gasteiger partial charge on any atom is 0.208 e. The van der Waals surface area contributed by atoms with Crippen LogP contribution in [0.2, 0.25) is 0 Å². The average Bonchev–Trinajstić information content (AvgIpc) is 2.72. The molecule has 1 aromatic heterocycles. The lowest BCUT2D eigenvalue weighted by molar-refractivity contribution is 0.0980. The highest BCUT2D eigenvalue weighted by Gasteiger charge is 2.09. The van der Waals surface area contributed by atoms with Gasteiger partial charge in [-0.2, -0.15) is 0 Å². The molecule has 1 N–H and O–H groups in total. The molecule has 0 aliphatic heterocycles. The van der Waals surface area contributed by atoms with Gasteiger partial charge in [-0.25, -0.2) is 4.98 Å². The van der Waals surface area contributed by atoms with Crippen LogP contribution in [0.15, 0.2) is 10.6 Å². The molecule has 0 spiro atoms. The van der Waals surface area contributed by atoms with E-state index in [1.807, 2.05) is 6.92 Å². The van der Waals surface area contributed by atoms with E-state index in [1.54, 1.807) is 20.4 Å². The van der Waals surface area contributed by atoms with Gasteiger partial charge in [0.15, 0.2) is 5.76 Å². The van der Waals surface area contributed by atoms with E-state index in [1.165, 1.54) is 0 Å². The molecule has 0 aliphatic rings. The fourth-order valence-corrected chi connectivity index (χ4v) is 1.08. The molecule has 1 atom stereocenters. The van der Waals surface area contributed by atoms with Crippen LogP contribution in [0.5, 0.6) is 0 Å². The summed E-state index contributed by atoms with van der Waals surface area (Å²) in [6.07, 6.45) is 1.65. The summed E-state index contributed by atoms with van der Waals surface area (Å²) in [6.45, 7) is 4.00. The molecule has 0 fully saturated rings. The van der Waals surface area contributed by atoms with Crippen LogP contribution in [0.1, 0.15) is 24.7 Å². The van der Waals surface area contributed by atoms with Gasteiger partial charge >= 0.3 is 0 Å². The molecule has 0 radical (unpaired) electrons. The third-order valence-electron chi connectivity index (χ3n) is 2.08. The third kappa shape index (κ3) is 3.99. The summed E-state index contributed by atoms with van der Waals surface area (Å²) < 4.78 is 15.5. The monoisotopic (exact) mass is 214 g/mol. The number of nitrogens with one attached hydrogen (secondary N) is 1. The van der Waals surface area contributed by atoms with Crippen molar-refractivity contribution in [1.82, 2.24) is 10.3 Å². The fourth-order valence-electron chi connectivity index (χ4n) is 1.08. The quantitative estimate of drug-likeness (QED) is 0.689. The third-order valence-corrected chi connectivity index (χ3v) is 2.08. The van der Waals surface area contributed by atoms with E-state index in [4.69, 9.17) is 13.9 Å². The Morgan fingerprint density at radius 3 is 3.00 bits per heavy atom. The van der Waals surface area contributed by atoms with Gasteiger partial charge in [0.05, 0.1) is 19.3 Å². The van der Waals surface area contributed by atoms with E-state index in [9.17, 15) is 0 Å². The first kappa shape index (κ1) is 12.2. The van der Waals surface area contributed by atoms with Crippen LogP contribution in [0.3, 0.4) is 0 Å². The Balaban J connectivity index is 2.33. The zero-order chi connectivity index (χ0) is 11.1. The topological polar surface area (TPSA) is 56.5 Å². The summed E-state index contributed by atoms with van der Waals surface area (Å²) in [5, 5.41) is 3.15. The molecule has 0 saturated heterocycles. The van der Waals surface area contributed by atoms with Crippen molar-refractivity contribution in [2.24, 2.45) is 0 Å². The largest absolute Gasteiger partial charge is 0.442 e. The van der Waals surface area contributed by atoms with E-state index < -0.39 is 0 Å². The highest BCUT2D eigenvalue weighted by Crippen LogP contribution is 2.16. The number of ether oxygens (including phenoxy) is 2. The maximum atomic E-state index is 5.48. The Bertz CT molecular complexity index is 275. The lowest BCUT2D eigenvalue weighted by atomic mass is 10.3. The first-order valence-corrected chi connectivity index (χ1v) is 4.95. The first-order valence-electron chi connectivity index (χ1n) is 4.95. The van der Waals surface area contributed by atoms with Crippen LogP contribution < -0.4 is 5.32 Å². The molecular formula is C10H18N2O3. The summed E-state index contributed by atoms with van der Waals surface area (Å²) in [7, 11) is 3.31. The minimum Gasteiger partial charge on any atom is -0.442 e. The lowest BCUT2D eigenvalue weighted by Gasteiger charge is -2.04. The molecule has 0 amide bonds. The van der Waals surface area contributed by atoms with Gasteiger partial charge in [-0.3, -0.25) is 0 Å². The molecular weight excluding hydrogens is 196 g/mol. The van der Waals surface area contributed by atoms with Gasteiger partial charge in [0.25, 0.3) is 0 Å². The molecule has 5 nitrogen and oxygen atoms in total. The minimum absolute atomic E-state index is 0.0507. The summed E-state index contributed by atoms with van der Waals surface area (Å²) >= 11 is 0. The number of aromatic nitrogens is 1. The second kappa shape index (κ2) is 6.55. The van der Waals surface area contributed by atoms with E-state index >= 15 is 0 Å². The highest BCUT2D eigenvalue weighted by molar-refractivity contribution is 4.97. The van der Waals surface area contributed by atoms with E-state index in [0.717, 1.165) is 12.3 Å². The van der Waals surface area contributed by atoms with Crippen LogP contribution in [-0.4, -0.2) is 32.4 Å². The van der Waals surface area contributed by atoms with Crippen molar-refractivity contribution < 1.29 is 13.9 Å². The highest BCUT2D eigenvalue weighted by atomic mass is 16.5. The molecule has 0 bridgehead atoms. The molecule has 1 aromatic rings. The number of rotatable bonds is 7. The van der Waals surface area contributed by atoms with Gasteiger partial charge in [-0.1, -0.05) is 0 Å². The van der Waals surface area contributed by atoms with Gasteiger partial charge < -0.3 is 19.2 Å². The van der Waals surface area contributed by atoms with E-state index in [0.29, 0.717) is 19.0 Å². The molecule has 0 aliphatic carbocycles. The second-order valence-electron chi connectivity index (χ2n) is 3.20. The normalized spacial score (nSPS) is 13.0. The maximum absolute atomic E-state index is 5.48. The molecule has 0 saturated carbocycles. The van der Waals surface area contributed by atoms with E-state index in [2.05, 4.69) is 10.3 Å². The van der Waals surface area contributed by atoms with Gasteiger partial charge in [0, 0.05) is 20.8 Å². The summed E-state index contributed by atoms with van der Waals surface area (Å²) in [4.78, 5) is 4.13. The van der Waals surface area contributed by atoms with Gasteiger partial charge in [-0.15, -0.1) is 0 Å². The summed E-state index contributed by atoms with van der Waals surface area (Å²) in [5.74, 6) is 1.42. The molecule has 1 unspecified atom stereocenters. The van der Waals surface area contributed by atoms with Crippen molar-refractivity contribution in [2.45, 2.75) is 19.6 Å². The Kier molecular flexibility index (Phi) is 5.31. The van der Waals surface area contributed by atoms with Crippen LogP contribution >= 0.6 is 0 Å². The van der Waals surface area contributed by atoms with Gasteiger partial charge in [0.1, 0.15) is 6.10 Å². The standard InChI is InChI=1S/C10H18N2O3/c1-8(14-3)9-6-12-10(15-9)7-11-4-5-13-2/h6,8,11H,4-5,7H2,1-3H3. The molecule has 86 valence electrons. The molecule has 1 rings (SSSR count). The number of hydrogen-bond acceptors (Lipinski definition) is 5. The van der Waals surface area contributed by atoms with Gasteiger partial charge in [0.2, 0.25) is 5.89 Å². The minimum atomic E-state index is -0.0507. The lowest BCUT2D eigenvalue weighted by Crippen LogP contribution is -2.18. The second-order valence-corrected chi connectivity index (χ2v) is 3.20. The van der Waals surface area contributed by atoms with Crippen molar-refractivity contribution in [3.8, 4) is 0 Å². The Hall–Kier alpha value is -0.910. The first-order chi connectivity index (χ1) is 7.27. The number of oxazole rings is 1. The van der Waals surface area contributed by atoms with Crippen LogP contribution in [0, 0.1) is 0 Å². The smallest absolute Gasteiger partial charge is 0.208 e. The summed E-state index contributed by atoms with van der Waals surface area (Å²) in [6, 6.07) is 0.